The summed E-state index contributed by atoms with van der Waals surface area (Å²) < 4.78 is 48.3. The van der Waals surface area contributed by atoms with Crippen molar-refractivity contribution < 1.29 is 27.8 Å². The maximum atomic E-state index is 12.9. The minimum Gasteiger partial charge on any atom is -0.389 e. The highest BCUT2D eigenvalue weighted by Gasteiger charge is 2.11. The number of halogens is 3. The number of methoxy groups -OCH3 is 1. The molecule has 4 nitrogen and oxygen atoms in total. The predicted octanol–water partition coefficient (Wildman–Crippen LogP) is 1.54. The van der Waals surface area contributed by atoms with Crippen molar-refractivity contribution in [3.05, 3.63) is 29.6 Å². The van der Waals surface area contributed by atoms with Crippen molar-refractivity contribution in [2.75, 3.05) is 38.8 Å². The van der Waals surface area contributed by atoms with Gasteiger partial charge < -0.3 is 19.9 Å². The van der Waals surface area contributed by atoms with Crippen LogP contribution in [0.25, 0.3) is 0 Å². The lowest BCUT2D eigenvalue weighted by atomic mass is 10.2. The Bertz CT molecular complexity index is 381. The van der Waals surface area contributed by atoms with Crippen molar-refractivity contribution in [2.24, 2.45) is 0 Å². The van der Waals surface area contributed by atoms with E-state index in [2.05, 4.69) is 5.32 Å². The second-order valence-corrected chi connectivity index (χ2v) is 3.86. The summed E-state index contributed by atoms with van der Waals surface area (Å²) in [5.74, 6) is -4.09. The first-order valence-electron chi connectivity index (χ1n) is 5.67. The highest BCUT2D eigenvalue weighted by molar-refractivity contribution is 5.44. The lowest BCUT2D eigenvalue weighted by Crippen LogP contribution is -2.25. The van der Waals surface area contributed by atoms with Gasteiger partial charge in [0.1, 0.15) is 0 Å². The quantitative estimate of drug-likeness (QED) is 0.560. The Labute approximate surface area is 109 Å². The SMILES string of the molecule is COCCOCC(O)CNc1cc(F)c(F)c(F)c1. The second kappa shape index (κ2) is 7.98. The zero-order valence-corrected chi connectivity index (χ0v) is 10.5. The van der Waals surface area contributed by atoms with E-state index in [9.17, 15) is 18.3 Å². The van der Waals surface area contributed by atoms with Gasteiger partial charge in [0, 0.05) is 31.5 Å². The third kappa shape index (κ3) is 5.46. The van der Waals surface area contributed by atoms with Gasteiger partial charge in [-0.2, -0.15) is 0 Å². The number of nitrogens with one attached hydrogen (secondary N) is 1. The molecule has 7 heteroatoms. The first-order chi connectivity index (χ1) is 9.04. The molecular weight excluding hydrogens is 263 g/mol. The molecule has 0 saturated carbocycles. The number of anilines is 1. The Morgan fingerprint density at radius 2 is 1.84 bits per heavy atom. The van der Waals surface area contributed by atoms with E-state index in [4.69, 9.17) is 9.47 Å². The van der Waals surface area contributed by atoms with Gasteiger partial charge in [-0.25, -0.2) is 13.2 Å². The summed E-state index contributed by atoms with van der Waals surface area (Å²) in [7, 11) is 1.53. The van der Waals surface area contributed by atoms with E-state index in [0.29, 0.717) is 13.2 Å². The molecule has 2 N–H and O–H groups in total. The molecule has 0 radical (unpaired) electrons. The van der Waals surface area contributed by atoms with Gasteiger partial charge in [0.2, 0.25) is 0 Å². The Morgan fingerprint density at radius 3 is 2.42 bits per heavy atom. The van der Waals surface area contributed by atoms with Crippen molar-refractivity contribution in [3.8, 4) is 0 Å². The van der Waals surface area contributed by atoms with Gasteiger partial charge >= 0.3 is 0 Å². The van der Waals surface area contributed by atoms with Crippen LogP contribution in [0.5, 0.6) is 0 Å². The summed E-state index contributed by atoms with van der Waals surface area (Å²) in [6.07, 6.45) is -0.854. The molecule has 0 saturated heterocycles. The van der Waals surface area contributed by atoms with Crippen LogP contribution < -0.4 is 5.32 Å². The summed E-state index contributed by atoms with van der Waals surface area (Å²) in [6.45, 7) is 0.835. The van der Waals surface area contributed by atoms with Crippen LogP contribution in [0.15, 0.2) is 12.1 Å². The third-order valence-corrected chi connectivity index (χ3v) is 2.27. The van der Waals surface area contributed by atoms with Crippen LogP contribution in [0, 0.1) is 17.5 Å². The van der Waals surface area contributed by atoms with Gasteiger partial charge in [-0.1, -0.05) is 0 Å². The predicted molar refractivity (Wildman–Crippen MR) is 63.5 cm³/mol. The first-order valence-corrected chi connectivity index (χ1v) is 5.67. The van der Waals surface area contributed by atoms with E-state index in [1.807, 2.05) is 0 Å². The summed E-state index contributed by atoms with van der Waals surface area (Å²) in [5.41, 5.74) is 0.0485. The molecule has 1 aromatic rings. The van der Waals surface area contributed by atoms with Crippen molar-refractivity contribution in [3.63, 3.8) is 0 Å². The zero-order chi connectivity index (χ0) is 14.3. The molecule has 0 amide bonds. The van der Waals surface area contributed by atoms with Crippen LogP contribution in [0.4, 0.5) is 18.9 Å². The van der Waals surface area contributed by atoms with E-state index in [0.717, 1.165) is 12.1 Å². The highest BCUT2D eigenvalue weighted by Crippen LogP contribution is 2.17. The number of hydrogen-bond donors (Lipinski definition) is 2. The standard InChI is InChI=1S/C12H16F3NO3/c1-18-2-3-19-7-9(17)6-16-8-4-10(13)12(15)11(14)5-8/h4-5,9,16-17H,2-3,6-7H2,1H3. The van der Waals surface area contributed by atoms with Crippen LogP contribution in [0.1, 0.15) is 0 Å². The molecule has 0 aliphatic carbocycles. The largest absolute Gasteiger partial charge is 0.389 e. The van der Waals surface area contributed by atoms with Gasteiger partial charge in [0.25, 0.3) is 0 Å². The average molecular weight is 279 g/mol. The first kappa shape index (κ1) is 15.7. The summed E-state index contributed by atoms with van der Waals surface area (Å²) >= 11 is 0. The number of ether oxygens (including phenoxy) is 2. The Kier molecular flexibility index (Phi) is 6.61. The van der Waals surface area contributed by atoms with Crippen molar-refractivity contribution >= 4 is 5.69 Å². The average Bonchev–Trinajstić information content (AvgIpc) is 2.38. The molecule has 19 heavy (non-hydrogen) atoms. The number of rotatable bonds is 8. The van der Waals surface area contributed by atoms with E-state index in [-0.39, 0.29) is 18.8 Å². The monoisotopic (exact) mass is 279 g/mol. The maximum absolute atomic E-state index is 12.9. The second-order valence-electron chi connectivity index (χ2n) is 3.86. The smallest absolute Gasteiger partial charge is 0.194 e. The third-order valence-electron chi connectivity index (χ3n) is 2.27. The lowest BCUT2D eigenvalue weighted by Gasteiger charge is -2.13. The normalized spacial score (nSPS) is 12.5. The molecular formula is C12H16F3NO3. The minimum atomic E-state index is -1.52. The fraction of sp³-hybridized carbons (Fsp3) is 0.500. The Morgan fingerprint density at radius 1 is 1.21 bits per heavy atom. The molecule has 1 rings (SSSR count). The van der Waals surface area contributed by atoms with Crippen LogP contribution in [0.2, 0.25) is 0 Å². The van der Waals surface area contributed by atoms with Crippen molar-refractivity contribution in [1.29, 1.82) is 0 Å². The molecule has 0 heterocycles. The summed E-state index contributed by atoms with van der Waals surface area (Å²) in [5, 5.41) is 12.1. The zero-order valence-electron chi connectivity index (χ0n) is 10.5. The fourth-order valence-corrected chi connectivity index (χ4v) is 1.31. The number of aliphatic hydroxyl groups excluding tert-OH is 1. The van der Waals surface area contributed by atoms with E-state index < -0.39 is 23.6 Å². The number of aliphatic hydroxyl groups is 1. The Balaban J connectivity index is 2.36. The van der Waals surface area contributed by atoms with Crippen LogP contribution in [-0.2, 0) is 9.47 Å². The van der Waals surface area contributed by atoms with Crippen LogP contribution >= 0.6 is 0 Å². The minimum absolute atomic E-state index is 0.0253. The van der Waals surface area contributed by atoms with E-state index in [1.54, 1.807) is 0 Å². The molecule has 1 aromatic carbocycles. The van der Waals surface area contributed by atoms with E-state index in [1.165, 1.54) is 7.11 Å². The molecule has 1 unspecified atom stereocenters. The number of hydrogen-bond acceptors (Lipinski definition) is 4. The molecule has 1 atom stereocenters. The van der Waals surface area contributed by atoms with Crippen LogP contribution in [0.3, 0.4) is 0 Å². The van der Waals surface area contributed by atoms with Gasteiger partial charge in [0.15, 0.2) is 17.5 Å². The van der Waals surface area contributed by atoms with Crippen molar-refractivity contribution in [1.82, 2.24) is 0 Å². The van der Waals surface area contributed by atoms with Crippen molar-refractivity contribution in [2.45, 2.75) is 6.10 Å². The molecule has 0 aliphatic heterocycles. The van der Waals surface area contributed by atoms with Gasteiger partial charge in [-0.05, 0) is 0 Å². The van der Waals surface area contributed by atoms with Gasteiger partial charge in [0.05, 0.1) is 25.9 Å². The molecule has 0 spiro atoms. The molecule has 0 fully saturated rings. The highest BCUT2D eigenvalue weighted by atomic mass is 19.2. The number of benzene rings is 1. The molecule has 0 bridgehead atoms. The molecule has 0 aliphatic rings. The Hall–Kier alpha value is -1.31. The van der Waals surface area contributed by atoms with E-state index >= 15 is 0 Å². The topological polar surface area (TPSA) is 50.7 Å². The molecule has 0 aromatic heterocycles. The summed E-state index contributed by atoms with van der Waals surface area (Å²) in [4.78, 5) is 0. The summed E-state index contributed by atoms with van der Waals surface area (Å²) in [6, 6.07) is 1.63. The lowest BCUT2D eigenvalue weighted by molar-refractivity contribution is 0.0182. The fourth-order valence-electron chi connectivity index (χ4n) is 1.31. The van der Waals surface area contributed by atoms with Gasteiger partial charge in [-0.3, -0.25) is 0 Å². The van der Waals surface area contributed by atoms with Gasteiger partial charge in [-0.15, -0.1) is 0 Å². The maximum Gasteiger partial charge on any atom is 0.194 e. The van der Waals surface area contributed by atoms with Crippen LogP contribution in [-0.4, -0.2) is 44.7 Å². The molecule has 108 valence electrons.